The summed E-state index contributed by atoms with van der Waals surface area (Å²) in [7, 11) is -15.7. The van der Waals surface area contributed by atoms with Crippen LogP contribution < -0.4 is 5.73 Å². The van der Waals surface area contributed by atoms with Gasteiger partial charge in [0.1, 0.15) is 30.2 Å². The molecule has 3 rings (SSSR count). The molecule has 182 valence electrons. The van der Waals surface area contributed by atoms with Gasteiger partial charge in [0, 0.05) is 0 Å². The predicted octanol–water partition coefficient (Wildman–Crippen LogP) is -1.29. The molecule has 0 amide bonds. The molecular formula is C14H19N4O12P3. The smallest absolute Gasteiger partial charge is 0.387 e. The van der Waals surface area contributed by atoms with Crippen LogP contribution in [0.3, 0.4) is 0 Å². The summed E-state index contributed by atoms with van der Waals surface area (Å²) < 4.78 is 49.8. The maximum atomic E-state index is 12.0. The maximum Gasteiger partial charge on any atom is 0.479 e. The fourth-order valence-electron chi connectivity index (χ4n) is 3.20. The minimum atomic E-state index is -5.38. The number of nitrogens with zero attached hydrogens (tertiary/aromatic N) is 3. The fraction of sp³-hybridized carbons (Fsp3) is 0.429. The van der Waals surface area contributed by atoms with Crippen LogP contribution in [-0.2, 0) is 32.9 Å². The second-order valence-electron chi connectivity index (χ2n) is 6.92. The van der Waals surface area contributed by atoms with Crippen LogP contribution in [0.4, 0.5) is 5.82 Å². The summed E-state index contributed by atoms with van der Waals surface area (Å²) in [6.07, 6.45) is 1.57. The molecule has 0 spiro atoms. The Morgan fingerprint density at radius 2 is 1.91 bits per heavy atom. The summed E-state index contributed by atoms with van der Waals surface area (Å²) >= 11 is 0. The van der Waals surface area contributed by atoms with Crippen molar-refractivity contribution in [1.29, 1.82) is 0 Å². The van der Waals surface area contributed by atoms with Gasteiger partial charge in [-0.25, -0.2) is 18.4 Å². The number of hydrogen-bond acceptors (Lipinski definition) is 11. The van der Waals surface area contributed by atoms with E-state index in [0.29, 0.717) is 5.52 Å². The number of nitrogens with two attached hydrogens (primary N) is 1. The van der Waals surface area contributed by atoms with Gasteiger partial charge in [-0.1, -0.05) is 5.92 Å². The summed E-state index contributed by atoms with van der Waals surface area (Å²) in [6, 6.07) is 2.88. The Hall–Kier alpha value is -1.69. The molecule has 1 aliphatic rings. The number of phosphoric ester groups is 1. The molecule has 2 aromatic rings. The van der Waals surface area contributed by atoms with E-state index in [1.165, 1.54) is 16.6 Å². The molecule has 0 aliphatic carbocycles. The van der Waals surface area contributed by atoms with Gasteiger partial charge in [0.15, 0.2) is 17.3 Å². The Labute approximate surface area is 185 Å². The molecule has 0 saturated carbocycles. The Bertz CT molecular complexity index is 1240. The molecule has 0 aromatic carbocycles. The molecule has 2 aromatic heterocycles. The third-order valence-corrected chi connectivity index (χ3v) is 9.76. The van der Waals surface area contributed by atoms with Gasteiger partial charge in [-0.3, -0.25) is 13.7 Å². The van der Waals surface area contributed by atoms with Crippen molar-refractivity contribution in [2.45, 2.75) is 23.9 Å². The van der Waals surface area contributed by atoms with Crippen molar-refractivity contribution in [2.75, 3.05) is 18.2 Å². The van der Waals surface area contributed by atoms with Crippen LogP contribution >= 0.6 is 23.0 Å². The maximum absolute atomic E-state index is 12.0. The van der Waals surface area contributed by atoms with E-state index >= 15 is 0 Å². The van der Waals surface area contributed by atoms with Gasteiger partial charge in [0.25, 0.3) is 0 Å². The number of anilines is 1. The molecule has 19 heteroatoms. The number of nitrogen functional groups attached to an aromatic ring is 1. The van der Waals surface area contributed by atoms with Crippen molar-refractivity contribution in [2.24, 2.45) is 0 Å². The van der Waals surface area contributed by atoms with Crippen LogP contribution in [0.15, 0.2) is 18.5 Å². The number of fused-ring (bicyclic) bond motifs is 1. The van der Waals surface area contributed by atoms with Gasteiger partial charge < -0.3 is 40.3 Å². The number of aliphatic hydroxyl groups is 2. The zero-order valence-corrected chi connectivity index (χ0v) is 19.0. The second kappa shape index (κ2) is 8.83. The fourth-order valence-corrected chi connectivity index (χ4v) is 7.55. The first-order chi connectivity index (χ1) is 15.1. The zero-order chi connectivity index (χ0) is 24.8. The third kappa shape index (κ3) is 5.36. The summed E-state index contributed by atoms with van der Waals surface area (Å²) in [5.74, 6) is 0.566. The molecule has 3 heterocycles. The molecule has 1 saturated heterocycles. The van der Waals surface area contributed by atoms with E-state index in [2.05, 4.69) is 24.8 Å². The van der Waals surface area contributed by atoms with Crippen molar-refractivity contribution in [3.05, 3.63) is 24.2 Å². The van der Waals surface area contributed by atoms with Crippen LogP contribution in [0.25, 0.3) is 5.52 Å². The molecule has 1 fully saturated rings. The monoisotopic (exact) mass is 528 g/mol. The van der Waals surface area contributed by atoms with Crippen molar-refractivity contribution >= 4 is 34.3 Å². The van der Waals surface area contributed by atoms with E-state index in [1.807, 2.05) is 0 Å². The van der Waals surface area contributed by atoms with E-state index in [9.17, 15) is 33.7 Å². The number of rotatable bonds is 8. The average molecular weight is 528 g/mol. The highest BCUT2D eigenvalue weighted by Gasteiger charge is 2.56. The Balaban J connectivity index is 1.80. The predicted molar refractivity (Wildman–Crippen MR) is 108 cm³/mol. The molecule has 2 unspecified atom stereocenters. The molecule has 1 aliphatic heterocycles. The lowest BCUT2D eigenvalue weighted by Crippen LogP contribution is -2.41. The summed E-state index contributed by atoms with van der Waals surface area (Å²) in [6.45, 7) is -0.980. The van der Waals surface area contributed by atoms with Crippen LogP contribution in [-0.4, -0.2) is 75.2 Å². The largest absolute Gasteiger partial charge is 0.479 e. The van der Waals surface area contributed by atoms with Crippen LogP contribution in [0, 0.1) is 12.3 Å². The molecule has 8 N–H and O–H groups in total. The van der Waals surface area contributed by atoms with Crippen LogP contribution in [0.1, 0.15) is 5.69 Å². The number of aromatic nitrogens is 3. The van der Waals surface area contributed by atoms with Crippen LogP contribution in [0.5, 0.6) is 0 Å². The van der Waals surface area contributed by atoms with E-state index in [0.717, 1.165) is 6.33 Å². The van der Waals surface area contributed by atoms with E-state index < -0.39 is 59.4 Å². The van der Waals surface area contributed by atoms with Crippen molar-refractivity contribution in [3.8, 4) is 12.3 Å². The minimum absolute atomic E-state index is 0.0630. The van der Waals surface area contributed by atoms with Crippen molar-refractivity contribution in [1.82, 2.24) is 14.6 Å². The van der Waals surface area contributed by atoms with Gasteiger partial charge in [-0.2, -0.15) is 5.10 Å². The van der Waals surface area contributed by atoms with Crippen molar-refractivity contribution in [3.63, 3.8) is 0 Å². The first-order valence-electron chi connectivity index (χ1n) is 8.76. The van der Waals surface area contributed by atoms with Crippen molar-refractivity contribution < 1.29 is 57.1 Å². The highest BCUT2D eigenvalue weighted by atomic mass is 31.3. The quantitative estimate of drug-likeness (QED) is 0.155. The van der Waals surface area contributed by atoms with Gasteiger partial charge >= 0.3 is 23.0 Å². The summed E-state index contributed by atoms with van der Waals surface area (Å²) in [5, 5.41) is 25.0. The normalized spacial score (nSPS) is 29.4. The third-order valence-electron chi connectivity index (χ3n) is 4.53. The zero-order valence-electron chi connectivity index (χ0n) is 16.3. The van der Waals surface area contributed by atoms with Crippen LogP contribution in [0.2, 0.25) is 0 Å². The minimum Gasteiger partial charge on any atom is -0.387 e. The first-order valence-corrected chi connectivity index (χ1v) is 13.8. The highest BCUT2D eigenvalue weighted by Crippen LogP contribution is 2.65. The standard InChI is InChI=1S/C14H19N4O12P3/c1-2-14(10-4-3-8-13(15)16-6-17-18(8)10)12(20)11(19)9(29-14)5-28-33(26,27)30-32(24,25)7-31(21,22)23/h1,3-4,6,9,11-12,19-20H,5,7H2,(H,24,25)(H,26,27)(H2,15,16,17)(H2,21,22,23)/t9-,11-,12-,14+/m1/s1. The van der Waals surface area contributed by atoms with Gasteiger partial charge in [-0.15, -0.1) is 6.42 Å². The summed E-state index contributed by atoms with van der Waals surface area (Å²) in [4.78, 5) is 40.4. The van der Waals surface area contributed by atoms with Gasteiger partial charge in [-0.05, 0) is 12.1 Å². The summed E-state index contributed by atoms with van der Waals surface area (Å²) in [5.41, 5.74) is 4.12. The van der Waals surface area contributed by atoms with E-state index in [4.69, 9.17) is 26.7 Å². The Kier molecular flexibility index (Phi) is 6.94. The topological polar surface area (TPSA) is 256 Å². The lowest BCUT2D eigenvalue weighted by molar-refractivity contribution is -0.0620. The average Bonchev–Trinajstić information content (AvgIpc) is 3.20. The highest BCUT2D eigenvalue weighted by molar-refractivity contribution is 7.73. The Morgan fingerprint density at radius 3 is 2.52 bits per heavy atom. The number of hydrogen-bond donors (Lipinski definition) is 7. The molecule has 6 atom stereocenters. The van der Waals surface area contributed by atoms with Gasteiger partial charge in [0.05, 0.1) is 12.3 Å². The number of terminal acetylenes is 1. The molecule has 16 nitrogen and oxygen atoms in total. The second-order valence-corrected chi connectivity index (χ2v) is 12.5. The number of phosphoric acid groups is 1. The van der Waals surface area contributed by atoms with Gasteiger partial charge in [0.2, 0.25) is 0 Å². The molecular weight excluding hydrogens is 509 g/mol. The SMILES string of the molecule is C#C[C@@]1(c2ccc3c(N)ncnn23)O[C@H](COP(=O)(O)OP(=O)(O)CP(=O)(O)O)[C@@H](O)[C@H]1O. The molecule has 0 bridgehead atoms. The lowest BCUT2D eigenvalue weighted by Gasteiger charge is -2.26. The Morgan fingerprint density at radius 1 is 1.24 bits per heavy atom. The number of aliphatic hydroxyl groups excluding tert-OH is 2. The van der Waals surface area contributed by atoms with E-state index in [1.54, 1.807) is 0 Å². The van der Waals surface area contributed by atoms with E-state index in [-0.39, 0.29) is 11.5 Å². The first kappa shape index (κ1) is 25.9. The molecule has 33 heavy (non-hydrogen) atoms. The number of ether oxygens (including phenoxy) is 1. The lowest BCUT2D eigenvalue weighted by atomic mass is 9.92. The molecule has 0 radical (unpaired) electrons.